The first-order chi connectivity index (χ1) is 7.16. The van der Waals surface area contributed by atoms with Crippen molar-refractivity contribution in [2.45, 2.75) is 26.9 Å². The molecule has 0 N–H and O–H groups in total. The molecule has 1 aliphatic rings. The lowest BCUT2D eigenvalue weighted by Crippen LogP contribution is -2.25. The minimum atomic E-state index is -0.337. The Kier molecular flexibility index (Phi) is 4.39. The van der Waals surface area contributed by atoms with E-state index in [9.17, 15) is 4.39 Å². The minimum Gasteiger partial charge on any atom is -0.486 e. The summed E-state index contributed by atoms with van der Waals surface area (Å²) in [5.74, 6) is 0.724. The Bertz CT molecular complexity index is 342. The zero-order valence-electron chi connectivity index (χ0n) is 9.01. The second-order valence-corrected chi connectivity index (χ2v) is 3.81. The van der Waals surface area contributed by atoms with E-state index in [1.807, 2.05) is 20.8 Å². The topological polar surface area (TPSA) is 18.5 Å². The van der Waals surface area contributed by atoms with Crippen LogP contribution in [0.2, 0.25) is 0 Å². The normalized spacial score (nSPS) is 17.8. The molecule has 15 heavy (non-hydrogen) atoms. The van der Waals surface area contributed by atoms with E-state index in [2.05, 4.69) is 15.9 Å². The Morgan fingerprint density at radius 1 is 1.33 bits per heavy atom. The van der Waals surface area contributed by atoms with E-state index in [4.69, 9.17) is 9.47 Å². The van der Waals surface area contributed by atoms with Gasteiger partial charge in [0.25, 0.3) is 0 Å². The quantitative estimate of drug-likeness (QED) is 0.718. The van der Waals surface area contributed by atoms with Gasteiger partial charge in [-0.15, -0.1) is 0 Å². The third-order valence-corrected chi connectivity index (χ3v) is 2.40. The number of fused-ring (bicyclic) bond motifs is 1. The third-order valence-electron chi connectivity index (χ3n) is 1.79. The van der Waals surface area contributed by atoms with Crippen molar-refractivity contribution in [1.29, 1.82) is 0 Å². The maximum atomic E-state index is 13.1. The van der Waals surface area contributed by atoms with E-state index < -0.39 is 0 Å². The smallest absolute Gasteiger partial charge is 0.164 e. The summed E-state index contributed by atoms with van der Waals surface area (Å²) in [6.45, 7) is 6.38. The van der Waals surface area contributed by atoms with Crippen LogP contribution in [0.15, 0.2) is 16.6 Å². The van der Waals surface area contributed by atoms with Crippen LogP contribution in [-0.4, -0.2) is 12.7 Å². The molecule has 0 aromatic heterocycles. The molecule has 1 aromatic rings. The molecule has 0 fully saturated rings. The van der Waals surface area contributed by atoms with Crippen molar-refractivity contribution in [3.8, 4) is 11.5 Å². The van der Waals surface area contributed by atoms with E-state index in [0.29, 0.717) is 22.6 Å². The largest absolute Gasteiger partial charge is 0.486 e. The van der Waals surface area contributed by atoms with Crippen LogP contribution in [0.25, 0.3) is 0 Å². The molecule has 0 saturated heterocycles. The van der Waals surface area contributed by atoms with Crippen molar-refractivity contribution in [1.82, 2.24) is 0 Å². The zero-order valence-corrected chi connectivity index (χ0v) is 10.6. The molecule has 2 rings (SSSR count). The molecule has 1 unspecified atom stereocenters. The van der Waals surface area contributed by atoms with Crippen LogP contribution >= 0.6 is 15.9 Å². The fraction of sp³-hybridized carbons (Fsp3) is 0.455. The highest BCUT2D eigenvalue weighted by Crippen LogP contribution is 2.35. The van der Waals surface area contributed by atoms with Gasteiger partial charge in [-0.2, -0.15) is 0 Å². The van der Waals surface area contributed by atoms with Gasteiger partial charge in [0.2, 0.25) is 0 Å². The molecule has 0 amide bonds. The van der Waals surface area contributed by atoms with Gasteiger partial charge in [0.15, 0.2) is 11.5 Å². The maximum absolute atomic E-state index is 13.1. The number of ether oxygens (including phenoxy) is 2. The minimum absolute atomic E-state index is 0.0203. The SMILES string of the molecule is CC.CC1COc2cc(Br)c(F)cc2O1. The summed E-state index contributed by atoms with van der Waals surface area (Å²) in [7, 11) is 0. The number of hydrogen-bond acceptors (Lipinski definition) is 2. The van der Waals surface area contributed by atoms with Crippen molar-refractivity contribution in [2.75, 3.05) is 6.61 Å². The zero-order chi connectivity index (χ0) is 11.4. The van der Waals surface area contributed by atoms with Gasteiger partial charge in [-0.1, -0.05) is 13.8 Å². The van der Waals surface area contributed by atoms with Gasteiger partial charge in [-0.3, -0.25) is 0 Å². The van der Waals surface area contributed by atoms with E-state index in [1.165, 1.54) is 6.07 Å². The van der Waals surface area contributed by atoms with E-state index >= 15 is 0 Å². The van der Waals surface area contributed by atoms with E-state index in [0.717, 1.165) is 0 Å². The van der Waals surface area contributed by atoms with Crippen molar-refractivity contribution in [2.24, 2.45) is 0 Å². The number of halogens is 2. The molecule has 1 aliphatic heterocycles. The first kappa shape index (κ1) is 12.3. The van der Waals surface area contributed by atoms with Crippen molar-refractivity contribution in [3.05, 3.63) is 22.4 Å². The number of benzene rings is 1. The summed E-state index contributed by atoms with van der Waals surface area (Å²) in [6, 6.07) is 2.91. The summed E-state index contributed by atoms with van der Waals surface area (Å²) < 4.78 is 24.2. The van der Waals surface area contributed by atoms with Gasteiger partial charge in [0.05, 0.1) is 4.47 Å². The van der Waals surface area contributed by atoms with E-state index in [-0.39, 0.29) is 11.9 Å². The fourth-order valence-corrected chi connectivity index (χ4v) is 1.50. The van der Waals surface area contributed by atoms with Crippen LogP contribution in [0.3, 0.4) is 0 Å². The lowest BCUT2D eigenvalue weighted by atomic mass is 10.2. The molecule has 2 nitrogen and oxygen atoms in total. The second-order valence-electron chi connectivity index (χ2n) is 2.95. The van der Waals surface area contributed by atoms with Crippen molar-refractivity contribution < 1.29 is 13.9 Å². The van der Waals surface area contributed by atoms with Crippen LogP contribution in [0.4, 0.5) is 4.39 Å². The van der Waals surface area contributed by atoms with Gasteiger partial charge >= 0.3 is 0 Å². The summed E-state index contributed by atoms with van der Waals surface area (Å²) >= 11 is 3.08. The molecule has 0 saturated carbocycles. The van der Waals surface area contributed by atoms with Gasteiger partial charge in [0, 0.05) is 12.1 Å². The first-order valence-electron chi connectivity index (χ1n) is 4.95. The van der Waals surface area contributed by atoms with Crippen LogP contribution in [-0.2, 0) is 0 Å². The Morgan fingerprint density at radius 3 is 2.67 bits per heavy atom. The molecular formula is C11H14BrFO2. The Balaban J connectivity index is 0.000000531. The highest BCUT2D eigenvalue weighted by Gasteiger charge is 2.19. The molecule has 0 radical (unpaired) electrons. The number of rotatable bonds is 0. The summed E-state index contributed by atoms with van der Waals surface area (Å²) in [4.78, 5) is 0. The molecular weight excluding hydrogens is 263 g/mol. The van der Waals surface area contributed by atoms with Crippen LogP contribution in [0.5, 0.6) is 11.5 Å². The molecule has 1 atom stereocenters. The standard InChI is InChI=1S/C9H8BrFO2.C2H6/c1-5-4-12-8-2-6(10)7(11)3-9(8)13-5;1-2/h2-3,5H,4H2,1H3;1-2H3. The lowest BCUT2D eigenvalue weighted by molar-refractivity contribution is 0.103. The molecule has 1 aromatic carbocycles. The monoisotopic (exact) mass is 276 g/mol. The molecule has 0 aliphatic carbocycles. The first-order valence-corrected chi connectivity index (χ1v) is 5.74. The second kappa shape index (κ2) is 5.35. The van der Waals surface area contributed by atoms with Gasteiger partial charge in [0.1, 0.15) is 18.5 Å². The third kappa shape index (κ3) is 2.84. The summed E-state index contributed by atoms with van der Waals surface area (Å²) in [6.07, 6.45) is -0.0203. The number of hydrogen-bond donors (Lipinski definition) is 0. The van der Waals surface area contributed by atoms with Crippen molar-refractivity contribution >= 4 is 15.9 Å². The Hall–Kier alpha value is -0.770. The predicted molar refractivity (Wildman–Crippen MR) is 61.0 cm³/mol. The predicted octanol–water partition coefficient (Wildman–Crippen LogP) is 3.77. The fourth-order valence-electron chi connectivity index (χ4n) is 1.17. The molecule has 1 heterocycles. The van der Waals surface area contributed by atoms with E-state index in [1.54, 1.807) is 6.07 Å². The highest BCUT2D eigenvalue weighted by molar-refractivity contribution is 9.10. The lowest BCUT2D eigenvalue weighted by Gasteiger charge is -2.23. The summed E-state index contributed by atoms with van der Waals surface area (Å²) in [5, 5.41) is 0. The Morgan fingerprint density at radius 2 is 2.00 bits per heavy atom. The average Bonchev–Trinajstić information content (AvgIpc) is 2.23. The van der Waals surface area contributed by atoms with Gasteiger partial charge in [-0.05, 0) is 22.9 Å². The van der Waals surface area contributed by atoms with Crippen LogP contribution in [0.1, 0.15) is 20.8 Å². The molecule has 84 valence electrons. The summed E-state index contributed by atoms with van der Waals surface area (Å²) in [5.41, 5.74) is 0. The van der Waals surface area contributed by atoms with Crippen LogP contribution < -0.4 is 9.47 Å². The Labute approximate surface area is 97.5 Å². The van der Waals surface area contributed by atoms with Gasteiger partial charge < -0.3 is 9.47 Å². The average molecular weight is 277 g/mol. The molecule has 0 bridgehead atoms. The van der Waals surface area contributed by atoms with Crippen molar-refractivity contribution in [3.63, 3.8) is 0 Å². The van der Waals surface area contributed by atoms with Crippen LogP contribution in [0, 0.1) is 5.82 Å². The molecule has 0 spiro atoms. The maximum Gasteiger partial charge on any atom is 0.164 e. The van der Waals surface area contributed by atoms with Gasteiger partial charge in [-0.25, -0.2) is 4.39 Å². The highest BCUT2D eigenvalue weighted by atomic mass is 79.9. The molecule has 4 heteroatoms.